The van der Waals surface area contributed by atoms with Crippen molar-refractivity contribution >= 4 is 5.91 Å². The first kappa shape index (κ1) is 14.8. The summed E-state index contributed by atoms with van der Waals surface area (Å²) in [7, 11) is 0. The van der Waals surface area contributed by atoms with Crippen LogP contribution in [0.15, 0.2) is 0 Å². The summed E-state index contributed by atoms with van der Waals surface area (Å²) < 4.78 is 0. The predicted octanol–water partition coefficient (Wildman–Crippen LogP) is 1.66. The third-order valence-corrected chi connectivity index (χ3v) is 4.90. The zero-order valence-corrected chi connectivity index (χ0v) is 12.2. The Balaban J connectivity index is 1.95. The Bertz CT molecular complexity index is 322. The Morgan fingerprint density at radius 3 is 2.47 bits per heavy atom. The van der Waals surface area contributed by atoms with Gasteiger partial charge in [0.25, 0.3) is 0 Å². The molecule has 4 nitrogen and oxygen atoms in total. The minimum Gasteiger partial charge on any atom is -0.388 e. The van der Waals surface area contributed by atoms with Gasteiger partial charge in [0.2, 0.25) is 5.91 Å². The fourth-order valence-electron chi connectivity index (χ4n) is 3.62. The van der Waals surface area contributed by atoms with Crippen LogP contribution in [0.5, 0.6) is 0 Å². The fraction of sp³-hybridized carbons (Fsp3) is 0.933. The quantitative estimate of drug-likeness (QED) is 0.818. The van der Waals surface area contributed by atoms with Gasteiger partial charge in [-0.3, -0.25) is 4.79 Å². The van der Waals surface area contributed by atoms with Gasteiger partial charge in [0.05, 0.1) is 5.60 Å². The molecule has 110 valence electrons. The number of hydrogen-bond donors (Lipinski definition) is 2. The van der Waals surface area contributed by atoms with E-state index in [-0.39, 0.29) is 11.3 Å². The molecule has 4 heteroatoms. The van der Waals surface area contributed by atoms with E-state index in [1.165, 1.54) is 19.3 Å². The van der Waals surface area contributed by atoms with Crippen molar-refractivity contribution in [2.24, 2.45) is 11.1 Å². The Labute approximate surface area is 116 Å². The minimum absolute atomic E-state index is 0.0264. The summed E-state index contributed by atoms with van der Waals surface area (Å²) in [5.41, 5.74) is 5.26. The molecule has 1 saturated carbocycles. The van der Waals surface area contributed by atoms with Crippen molar-refractivity contribution in [2.75, 3.05) is 19.6 Å². The summed E-state index contributed by atoms with van der Waals surface area (Å²) >= 11 is 0. The van der Waals surface area contributed by atoms with Gasteiger partial charge in [-0.15, -0.1) is 0 Å². The highest BCUT2D eigenvalue weighted by Gasteiger charge is 2.37. The average molecular weight is 268 g/mol. The Kier molecular flexibility index (Phi) is 4.51. The van der Waals surface area contributed by atoms with Crippen molar-refractivity contribution in [3.63, 3.8) is 0 Å². The molecule has 1 aliphatic carbocycles. The van der Waals surface area contributed by atoms with Crippen molar-refractivity contribution in [2.45, 2.75) is 63.9 Å². The lowest BCUT2D eigenvalue weighted by Gasteiger charge is -2.41. The summed E-state index contributed by atoms with van der Waals surface area (Å²) in [6, 6.07) is 0. The molecule has 19 heavy (non-hydrogen) atoms. The van der Waals surface area contributed by atoms with E-state index >= 15 is 0 Å². The van der Waals surface area contributed by atoms with E-state index in [0.29, 0.717) is 19.5 Å². The van der Waals surface area contributed by atoms with Crippen molar-refractivity contribution in [1.29, 1.82) is 0 Å². The molecule has 0 aromatic carbocycles. The first-order valence-electron chi connectivity index (χ1n) is 7.67. The second-order valence-corrected chi connectivity index (χ2v) is 6.86. The maximum absolute atomic E-state index is 12.5. The molecule has 1 atom stereocenters. The van der Waals surface area contributed by atoms with Gasteiger partial charge in [0, 0.05) is 19.5 Å². The van der Waals surface area contributed by atoms with E-state index in [2.05, 4.69) is 0 Å². The van der Waals surface area contributed by atoms with E-state index in [4.69, 9.17) is 5.73 Å². The Hall–Kier alpha value is -0.610. The highest BCUT2D eigenvalue weighted by Crippen LogP contribution is 2.39. The topological polar surface area (TPSA) is 66.6 Å². The molecule has 1 unspecified atom stereocenters. The number of amides is 1. The number of carbonyl (C=O) groups excluding carboxylic acids is 1. The second-order valence-electron chi connectivity index (χ2n) is 6.86. The molecule has 0 bridgehead atoms. The molecular weight excluding hydrogens is 240 g/mol. The number of β-amino-alcohol motifs (C(OH)–C–C–N with tert-alkyl or cyclic N) is 1. The lowest BCUT2D eigenvalue weighted by Crippen LogP contribution is -2.50. The van der Waals surface area contributed by atoms with E-state index in [1.54, 1.807) is 0 Å². The van der Waals surface area contributed by atoms with Gasteiger partial charge in [0.15, 0.2) is 0 Å². The molecule has 1 aliphatic heterocycles. The number of aliphatic hydroxyl groups is 1. The zero-order valence-electron chi connectivity index (χ0n) is 12.2. The van der Waals surface area contributed by atoms with Crippen molar-refractivity contribution < 1.29 is 9.90 Å². The lowest BCUT2D eigenvalue weighted by molar-refractivity contribution is -0.140. The number of rotatable bonds is 3. The zero-order chi connectivity index (χ0) is 13.9. The standard InChI is InChI=1S/C15H28N2O2/c1-14(19)6-5-9-17(12-14)13(18)10-15(11-16)7-3-2-4-8-15/h19H,2-12,16H2,1H3. The summed E-state index contributed by atoms with van der Waals surface area (Å²) in [4.78, 5) is 14.3. The van der Waals surface area contributed by atoms with Crippen LogP contribution in [0, 0.1) is 5.41 Å². The monoisotopic (exact) mass is 268 g/mol. The van der Waals surface area contributed by atoms with Crippen LogP contribution >= 0.6 is 0 Å². The van der Waals surface area contributed by atoms with Crippen LogP contribution in [0.3, 0.4) is 0 Å². The van der Waals surface area contributed by atoms with Crippen LogP contribution in [0.1, 0.15) is 58.3 Å². The summed E-state index contributed by atoms with van der Waals surface area (Å²) in [6.45, 7) is 3.71. The number of hydrogen-bond acceptors (Lipinski definition) is 3. The summed E-state index contributed by atoms with van der Waals surface area (Å²) in [6.07, 6.45) is 8.09. The van der Waals surface area contributed by atoms with E-state index in [0.717, 1.165) is 32.2 Å². The highest BCUT2D eigenvalue weighted by atomic mass is 16.3. The van der Waals surface area contributed by atoms with Gasteiger partial charge >= 0.3 is 0 Å². The number of carbonyl (C=O) groups is 1. The van der Waals surface area contributed by atoms with Crippen LogP contribution in [-0.2, 0) is 4.79 Å². The molecule has 0 aromatic heterocycles. The van der Waals surface area contributed by atoms with Crippen molar-refractivity contribution in [3.05, 3.63) is 0 Å². The van der Waals surface area contributed by atoms with Crippen LogP contribution in [-0.4, -0.2) is 41.1 Å². The Morgan fingerprint density at radius 2 is 1.89 bits per heavy atom. The number of nitrogens with two attached hydrogens (primary N) is 1. The smallest absolute Gasteiger partial charge is 0.223 e. The predicted molar refractivity (Wildman–Crippen MR) is 75.6 cm³/mol. The normalized spacial score (nSPS) is 31.2. The third-order valence-electron chi connectivity index (χ3n) is 4.90. The van der Waals surface area contributed by atoms with Crippen LogP contribution < -0.4 is 5.73 Å². The third kappa shape index (κ3) is 3.69. The number of piperidine rings is 1. The van der Waals surface area contributed by atoms with Gasteiger partial charge in [0.1, 0.15) is 0 Å². The molecule has 0 aromatic rings. The molecule has 0 radical (unpaired) electrons. The molecular formula is C15H28N2O2. The Morgan fingerprint density at radius 1 is 1.21 bits per heavy atom. The molecule has 2 rings (SSSR count). The van der Waals surface area contributed by atoms with E-state index < -0.39 is 5.60 Å². The molecule has 1 amide bonds. The van der Waals surface area contributed by atoms with Gasteiger partial charge in [-0.2, -0.15) is 0 Å². The van der Waals surface area contributed by atoms with Gasteiger partial charge in [-0.1, -0.05) is 19.3 Å². The molecule has 2 fully saturated rings. The maximum atomic E-state index is 12.5. The average Bonchev–Trinajstić information content (AvgIpc) is 2.38. The molecule has 3 N–H and O–H groups in total. The van der Waals surface area contributed by atoms with Gasteiger partial charge < -0.3 is 15.7 Å². The lowest BCUT2D eigenvalue weighted by atomic mass is 9.71. The highest BCUT2D eigenvalue weighted by molar-refractivity contribution is 5.77. The summed E-state index contributed by atoms with van der Waals surface area (Å²) in [5, 5.41) is 10.1. The largest absolute Gasteiger partial charge is 0.388 e. The van der Waals surface area contributed by atoms with Gasteiger partial charge in [-0.25, -0.2) is 0 Å². The molecule has 0 spiro atoms. The van der Waals surface area contributed by atoms with Crippen LogP contribution in [0.25, 0.3) is 0 Å². The summed E-state index contributed by atoms with van der Waals surface area (Å²) in [5.74, 6) is 0.187. The number of likely N-dealkylation sites (tertiary alicyclic amines) is 1. The number of nitrogens with zero attached hydrogens (tertiary/aromatic N) is 1. The molecule has 2 aliphatic rings. The van der Waals surface area contributed by atoms with Crippen molar-refractivity contribution in [3.8, 4) is 0 Å². The first-order valence-corrected chi connectivity index (χ1v) is 7.67. The minimum atomic E-state index is -0.712. The molecule has 1 heterocycles. The van der Waals surface area contributed by atoms with Crippen molar-refractivity contribution in [1.82, 2.24) is 4.90 Å². The van der Waals surface area contributed by atoms with E-state index in [1.807, 2.05) is 11.8 Å². The first-order chi connectivity index (χ1) is 8.96. The van der Waals surface area contributed by atoms with Crippen LogP contribution in [0.4, 0.5) is 0 Å². The fourth-order valence-corrected chi connectivity index (χ4v) is 3.62. The van der Waals surface area contributed by atoms with Gasteiger partial charge in [-0.05, 0) is 44.6 Å². The van der Waals surface area contributed by atoms with E-state index in [9.17, 15) is 9.90 Å². The molecule has 1 saturated heterocycles. The second kappa shape index (κ2) is 5.80. The SMILES string of the molecule is CC1(O)CCCN(C(=O)CC2(CN)CCCCC2)C1. The van der Waals surface area contributed by atoms with Crippen LogP contribution in [0.2, 0.25) is 0 Å². The maximum Gasteiger partial charge on any atom is 0.223 e.